The highest BCUT2D eigenvalue weighted by atomic mass is 16.3. The molecule has 226 valence electrons. The van der Waals surface area contributed by atoms with Gasteiger partial charge in [0.2, 0.25) is 5.78 Å². The van der Waals surface area contributed by atoms with E-state index in [4.69, 9.17) is 5.73 Å². The van der Waals surface area contributed by atoms with Gasteiger partial charge in [-0.1, -0.05) is 18.2 Å². The number of rotatable bonds is 5. The summed E-state index contributed by atoms with van der Waals surface area (Å²) in [4.78, 5) is 56.4. The Balaban J connectivity index is 1.46. The highest BCUT2D eigenvalue weighted by molar-refractivity contribution is 6.24. The third-order valence-corrected chi connectivity index (χ3v) is 8.88. The van der Waals surface area contributed by atoms with Gasteiger partial charge in [-0.2, -0.15) is 0 Å². The van der Waals surface area contributed by atoms with Crippen molar-refractivity contribution in [3.63, 3.8) is 0 Å². The zero-order valence-corrected chi connectivity index (χ0v) is 23.8. The lowest BCUT2D eigenvalue weighted by Gasteiger charge is -2.50. The number of hydrogen-bond donors (Lipinski definition) is 7. The number of nitrogens with zero attached hydrogens (tertiary/aromatic N) is 1. The van der Waals surface area contributed by atoms with Crippen LogP contribution in [0.5, 0.6) is 5.75 Å². The summed E-state index contributed by atoms with van der Waals surface area (Å²) in [7, 11) is 3.09. The van der Waals surface area contributed by atoms with Crippen LogP contribution in [-0.4, -0.2) is 79.4 Å². The number of likely N-dealkylation sites (N-methyl/N-ethyl adjacent to an activating group) is 1. The molecule has 1 heterocycles. The van der Waals surface area contributed by atoms with E-state index in [2.05, 4.69) is 10.3 Å². The number of nitrogens with two attached hydrogens (primary N) is 1. The van der Waals surface area contributed by atoms with Crippen LogP contribution in [0.3, 0.4) is 0 Å². The Bertz CT molecular complexity index is 1820. The molecule has 0 bridgehead atoms. The van der Waals surface area contributed by atoms with Crippen LogP contribution in [-0.2, 0) is 20.8 Å². The molecule has 4 atom stereocenters. The minimum absolute atomic E-state index is 0.0142. The molecule has 44 heavy (non-hydrogen) atoms. The number of phenols is 1. The number of H-pyrrole nitrogens is 1. The van der Waals surface area contributed by atoms with Gasteiger partial charge in [0.15, 0.2) is 11.4 Å². The summed E-state index contributed by atoms with van der Waals surface area (Å²) < 4.78 is 0. The van der Waals surface area contributed by atoms with E-state index in [1.165, 1.54) is 11.0 Å². The van der Waals surface area contributed by atoms with Crippen molar-refractivity contribution in [1.82, 2.24) is 9.88 Å². The molecule has 12 heteroatoms. The molecule has 1 saturated carbocycles. The molecular weight excluding hydrogens is 568 g/mol. The average Bonchev–Trinajstić information content (AvgIpc) is 3.50. The minimum atomic E-state index is -2.70. The highest BCUT2D eigenvalue weighted by Gasteiger charge is 2.64. The summed E-state index contributed by atoms with van der Waals surface area (Å²) in [5.74, 6) is -7.42. The highest BCUT2D eigenvalue weighted by Crippen LogP contribution is 2.53. The standard InChI is InChI=1S/C32H30N4O8/c1-36(2)25-19-13-15-12-18-17(14-5-3-6-16(11-14)35-31(43)20-7-4-10-34-20)8-9-21(37)23(18)26(38)22(15)28(40)32(19,44)29(41)24(27(25)39)30(33)42/h3-11,15,19,25,34,37-38,41,44H,12-13H2,1-2H3,(H2,33,42)(H,35,43). The van der Waals surface area contributed by atoms with Crippen molar-refractivity contribution >= 4 is 34.8 Å². The van der Waals surface area contributed by atoms with Gasteiger partial charge >= 0.3 is 0 Å². The minimum Gasteiger partial charge on any atom is -0.508 e. The van der Waals surface area contributed by atoms with E-state index in [0.717, 1.165) is 0 Å². The Hall–Kier alpha value is -5.20. The molecular formula is C32H30N4O8. The first-order valence-electron chi connectivity index (χ1n) is 13.9. The number of benzene rings is 2. The van der Waals surface area contributed by atoms with E-state index in [1.54, 1.807) is 62.8 Å². The number of hydrogen-bond acceptors (Lipinski definition) is 9. The number of ketones is 2. The normalized spacial score (nSPS) is 24.6. The number of aromatic nitrogens is 1. The number of anilines is 1. The second-order valence-corrected chi connectivity index (χ2v) is 11.6. The lowest BCUT2D eigenvalue weighted by molar-refractivity contribution is -0.153. The van der Waals surface area contributed by atoms with Gasteiger partial charge in [-0.3, -0.25) is 24.1 Å². The molecule has 3 aromatic rings. The largest absolute Gasteiger partial charge is 0.508 e. The maximum absolute atomic E-state index is 14.0. The molecule has 3 aliphatic carbocycles. The van der Waals surface area contributed by atoms with Crippen molar-refractivity contribution in [2.45, 2.75) is 24.5 Å². The van der Waals surface area contributed by atoms with Gasteiger partial charge in [0.25, 0.3) is 11.8 Å². The maximum atomic E-state index is 14.0. The van der Waals surface area contributed by atoms with Crippen LogP contribution in [0.2, 0.25) is 0 Å². The fourth-order valence-corrected chi connectivity index (χ4v) is 6.95. The number of aliphatic hydroxyl groups excluding tert-OH is 2. The fraction of sp³-hybridized carbons (Fsp3) is 0.250. The van der Waals surface area contributed by atoms with Gasteiger partial charge in [0.1, 0.15) is 28.5 Å². The van der Waals surface area contributed by atoms with E-state index in [1.807, 2.05) is 0 Å². The number of carbonyl (C=O) groups is 4. The van der Waals surface area contributed by atoms with Gasteiger partial charge in [-0.05, 0) is 79.9 Å². The third-order valence-electron chi connectivity index (χ3n) is 8.88. The topological polar surface area (TPSA) is 206 Å². The number of fused-ring (bicyclic) bond motifs is 3. The van der Waals surface area contributed by atoms with Crippen molar-refractivity contribution in [2.24, 2.45) is 17.6 Å². The van der Waals surface area contributed by atoms with Crippen LogP contribution >= 0.6 is 0 Å². The Morgan fingerprint density at radius 1 is 1.07 bits per heavy atom. The van der Waals surface area contributed by atoms with Crippen LogP contribution in [0.1, 0.15) is 28.0 Å². The number of carbonyl (C=O) groups excluding carboxylic acids is 4. The molecule has 1 aromatic heterocycles. The van der Waals surface area contributed by atoms with E-state index >= 15 is 0 Å². The van der Waals surface area contributed by atoms with Gasteiger partial charge in [-0.25, -0.2) is 0 Å². The predicted octanol–water partition coefficient (Wildman–Crippen LogP) is 2.21. The number of phenolic OH excluding ortho intramolecular Hbond substituents is 1. The monoisotopic (exact) mass is 598 g/mol. The van der Waals surface area contributed by atoms with Crippen molar-refractivity contribution < 1.29 is 39.6 Å². The fourth-order valence-electron chi connectivity index (χ4n) is 6.95. The predicted molar refractivity (Wildman–Crippen MR) is 158 cm³/mol. The van der Waals surface area contributed by atoms with Crippen molar-refractivity contribution in [3.05, 3.63) is 88.5 Å². The molecule has 0 radical (unpaired) electrons. The lowest BCUT2D eigenvalue weighted by Crippen LogP contribution is -2.65. The number of aliphatic hydroxyl groups is 3. The lowest BCUT2D eigenvalue weighted by atomic mass is 9.57. The van der Waals surface area contributed by atoms with E-state index in [-0.39, 0.29) is 35.6 Å². The Morgan fingerprint density at radius 3 is 2.48 bits per heavy atom. The molecule has 12 nitrogen and oxygen atoms in total. The molecule has 6 rings (SSSR count). The SMILES string of the molecule is CN(C)C1C(=O)C(C(N)=O)=C(O)C2(O)C(=O)C3=C(O)c4c(O)ccc(-c5cccc(NC(=O)c6ccc[nH]6)c5)c4CC3CC12. The molecule has 0 spiro atoms. The van der Waals surface area contributed by atoms with Gasteiger partial charge in [0.05, 0.1) is 11.6 Å². The average molecular weight is 599 g/mol. The second kappa shape index (κ2) is 10.2. The van der Waals surface area contributed by atoms with Crippen LogP contribution in [0.25, 0.3) is 16.9 Å². The number of Topliss-reactive ketones (excluding diaryl/α,β-unsaturated/α-hetero) is 2. The second-order valence-electron chi connectivity index (χ2n) is 11.6. The molecule has 3 aliphatic rings. The Morgan fingerprint density at radius 2 is 1.82 bits per heavy atom. The number of amides is 2. The summed E-state index contributed by atoms with van der Waals surface area (Å²) >= 11 is 0. The molecule has 8 N–H and O–H groups in total. The van der Waals surface area contributed by atoms with Crippen LogP contribution in [0.4, 0.5) is 5.69 Å². The van der Waals surface area contributed by atoms with E-state index in [0.29, 0.717) is 28.1 Å². The summed E-state index contributed by atoms with van der Waals surface area (Å²) in [5.41, 5.74) is 4.24. The summed E-state index contributed by atoms with van der Waals surface area (Å²) in [6, 6.07) is 12.2. The van der Waals surface area contributed by atoms with Crippen LogP contribution in [0.15, 0.2) is 71.6 Å². The number of primary amides is 1. The van der Waals surface area contributed by atoms with Crippen LogP contribution < -0.4 is 11.1 Å². The first kappa shape index (κ1) is 28.9. The summed E-state index contributed by atoms with van der Waals surface area (Å²) in [6.45, 7) is 0. The van der Waals surface area contributed by atoms with E-state index < -0.39 is 58.0 Å². The third kappa shape index (κ3) is 4.13. The molecule has 2 amide bonds. The van der Waals surface area contributed by atoms with Crippen molar-refractivity contribution in [3.8, 4) is 16.9 Å². The number of nitrogens with one attached hydrogen (secondary N) is 2. The molecule has 1 fully saturated rings. The van der Waals surface area contributed by atoms with Gasteiger partial charge in [0, 0.05) is 23.4 Å². The molecule has 2 aromatic carbocycles. The quantitative estimate of drug-likeness (QED) is 0.215. The van der Waals surface area contributed by atoms with Crippen molar-refractivity contribution in [1.29, 1.82) is 0 Å². The first-order chi connectivity index (χ1) is 20.9. The molecule has 0 aliphatic heterocycles. The molecule has 0 saturated heterocycles. The maximum Gasteiger partial charge on any atom is 0.272 e. The van der Waals surface area contributed by atoms with Crippen LogP contribution in [0, 0.1) is 11.8 Å². The smallest absolute Gasteiger partial charge is 0.272 e. The van der Waals surface area contributed by atoms with Gasteiger partial charge < -0.3 is 36.5 Å². The van der Waals surface area contributed by atoms with Crippen molar-refractivity contribution in [2.75, 3.05) is 19.4 Å². The summed E-state index contributed by atoms with van der Waals surface area (Å²) in [5, 5.41) is 48.0. The summed E-state index contributed by atoms with van der Waals surface area (Å²) in [6.07, 6.45) is 1.75. The zero-order chi connectivity index (χ0) is 31.7. The first-order valence-corrected chi connectivity index (χ1v) is 13.9. The Labute approximate surface area is 251 Å². The number of aromatic amines is 1. The van der Waals surface area contributed by atoms with Gasteiger partial charge in [-0.15, -0.1) is 0 Å². The number of aromatic hydroxyl groups is 1. The molecule has 4 unspecified atom stereocenters. The Kier molecular flexibility index (Phi) is 6.71. The zero-order valence-electron chi connectivity index (χ0n) is 23.8. The van der Waals surface area contributed by atoms with E-state index in [9.17, 15) is 39.6 Å².